The molecule has 0 aliphatic heterocycles. The van der Waals surface area contributed by atoms with E-state index in [0.717, 1.165) is 18.3 Å². The molecule has 1 unspecified atom stereocenters. The van der Waals surface area contributed by atoms with Gasteiger partial charge in [-0.15, -0.1) is 22.7 Å². The third-order valence-electron chi connectivity index (χ3n) is 3.02. The first-order chi connectivity index (χ1) is 9.58. The second-order valence-corrected chi connectivity index (χ2v) is 8.69. The molecule has 1 nitrogen and oxygen atoms in total. The Balaban J connectivity index is 2.06. The fraction of sp³-hybridized carbons (Fsp3) is 0.143. The number of nitrogens with one attached hydrogen (secondary N) is 1. The number of thiophene rings is 2. The Morgan fingerprint density at radius 1 is 1.10 bits per heavy atom. The minimum atomic E-state index is -0.187. The van der Waals surface area contributed by atoms with Gasteiger partial charge in [-0.1, -0.05) is 6.07 Å². The highest BCUT2D eigenvalue weighted by Crippen LogP contribution is 2.40. The number of benzene rings is 1. The second-order valence-electron chi connectivity index (χ2n) is 4.32. The number of hydrogen-bond donors (Lipinski definition) is 1. The van der Waals surface area contributed by atoms with Crippen LogP contribution in [0.2, 0.25) is 0 Å². The normalized spacial score (nSPS) is 13.0. The zero-order chi connectivity index (χ0) is 14.3. The summed E-state index contributed by atoms with van der Waals surface area (Å²) in [4.78, 5) is 2.41. The lowest BCUT2D eigenvalue weighted by Gasteiger charge is -2.11. The van der Waals surface area contributed by atoms with Gasteiger partial charge < -0.3 is 5.32 Å². The monoisotopic (exact) mass is 433 g/mol. The zero-order valence-corrected chi connectivity index (χ0v) is 15.2. The molecule has 20 heavy (non-hydrogen) atoms. The van der Waals surface area contributed by atoms with E-state index in [1.54, 1.807) is 28.7 Å². The maximum absolute atomic E-state index is 13.3. The summed E-state index contributed by atoms with van der Waals surface area (Å²) in [5.74, 6) is -0.187. The van der Waals surface area contributed by atoms with Crippen LogP contribution in [0.3, 0.4) is 0 Å². The highest BCUT2D eigenvalue weighted by Gasteiger charge is 2.18. The third kappa shape index (κ3) is 2.72. The van der Waals surface area contributed by atoms with Gasteiger partial charge in [0, 0.05) is 18.9 Å². The average molecular weight is 435 g/mol. The summed E-state index contributed by atoms with van der Waals surface area (Å²) in [6, 6.07) is 9.30. The molecule has 0 saturated carbocycles. The highest BCUT2D eigenvalue weighted by molar-refractivity contribution is 9.13. The van der Waals surface area contributed by atoms with E-state index < -0.39 is 0 Å². The van der Waals surface area contributed by atoms with Crippen molar-refractivity contribution in [3.8, 4) is 0 Å². The fourth-order valence-corrected chi connectivity index (χ4v) is 5.61. The van der Waals surface area contributed by atoms with Crippen molar-refractivity contribution in [1.82, 2.24) is 5.32 Å². The molecule has 3 aromatic rings. The number of hydrogen-bond acceptors (Lipinski definition) is 3. The molecule has 0 saturated heterocycles. The maximum Gasteiger partial charge on any atom is 0.124 e. The molecule has 3 rings (SSSR count). The molecule has 104 valence electrons. The van der Waals surface area contributed by atoms with E-state index in [-0.39, 0.29) is 11.9 Å². The zero-order valence-electron chi connectivity index (χ0n) is 10.4. The van der Waals surface area contributed by atoms with Gasteiger partial charge in [0.05, 0.1) is 9.83 Å². The largest absolute Gasteiger partial charge is 0.308 e. The van der Waals surface area contributed by atoms with Crippen LogP contribution in [0.25, 0.3) is 10.1 Å². The van der Waals surface area contributed by atoms with Crippen LogP contribution in [-0.4, -0.2) is 7.05 Å². The van der Waals surface area contributed by atoms with Crippen LogP contribution in [0.1, 0.15) is 15.8 Å². The summed E-state index contributed by atoms with van der Waals surface area (Å²) in [6.07, 6.45) is 0. The molecule has 6 heteroatoms. The van der Waals surface area contributed by atoms with Gasteiger partial charge in [0.1, 0.15) is 5.82 Å². The van der Waals surface area contributed by atoms with Crippen LogP contribution in [-0.2, 0) is 0 Å². The van der Waals surface area contributed by atoms with Crippen LogP contribution in [0.5, 0.6) is 0 Å². The van der Waals surface area contributed by atoms with Gasteiger partial charge in [-0.3, -0.25) is 0 Å². The van der Waals surface area contributed by atoms with Crippen molar-refractivity contribution in [2.75, 3.05) is 7.05 Å². The Labute approximate surface area is 141 Å². The molecule has 0 bridgehead atoms. The van der Waals surface area contributed by atoms with Gasteiger partial charge in [0.15, 0.2) is 0 Å². The van der Waals surface area contributed by atoms with E-state index >= 15 is 0 Å². The quantitative estimate of drug-likeness (QED) is 0.538. The first-order valence-corrected chi connectivity index (χ1v) is 9.11. The van der Waals surface area contributed by atoms with Crippen molar-refractivity contribution >= 4 is 64.6 Å². The first kappa shape index (κ1) is 14.7. The Morgan fingerprint density at radius 3 is 2.50 bits per heavy atom. The second kappa shape index (κ2) is 5.85. The van der Waals surface area contributed by atoms with Gasteiger partial charge in [0.25, 0.3) is 0 Å². The summed E-state index contributed by atoms with van der Waals surface area (Å²) in [5, 5.41) is 4.42. The summed E-state index contributed by atoms with van der Waals surface area (Å²) in [6.45, 7) is 0. The smallest absolute Gasteiger partial charge is 0.124 e. The Bertz CT molecular complexity index is 746. The predicted molar refractivity (Wildman–Crippen MR) is 92.4 cm³/mol. The van der Waals surface area contributed by atoms with Crippen LogP contribution >= 0.6 is 54.5 Å². The predicted octanol–water partition coefficient (Wildman–Crippen LogP) is 5.94. The van der Waals surface area contributed by atoms with Crippen molar-refractivity contribution in [1.29, 1.82) is 0 Å². The Kier molecular flexibility index (Phi) is 4.29. The van der Waals surface area contributed by atoms with Crippen LogP contribution in [0, 0.1) is 5.82 Å². The first-order valence-electron chi connectivity index (χ1n) is 5.89. The Hall–Kier alpha value is -0.270. The molecule has 1 atom stereocenters. The van der Waals surface area contributed by atoms with Crippen molar-refractivity contribution in [2.24, 2.45) is 0 Å². The van der Waals surface area contributed by atoms with Crippen LogP contribution in [0.4, 0.5) is 4.39 Å². The van der Waals surface area contributed by atoms with E-state index in [4.69, 9.17) is 0 Å². The molecule has 0 spiro atoms. The SMILES string of the molecule is CNC(c1cc(Br)c(Br)s1)c1cc2ccc(F)cc2s1. The molecular weight excluding hydrogens is 425 g/mol. The summed E-state index contributed by atoms with van der Waals surface area (Å²) in [5.41, 5.74) is 0. The van der Waals surface area contributed by atoms with Gasteiger partial charge in [-0.05, 0) is 68.6 Å². The van der Waals surface area contributed by atoms with Gasteiger partial charge >= 0.3 is 0 Å². The molecule has 1 N–H and O–H groups in total. The average Bonchev–Trinajstić information content (AvgIpc) is 2.95. The molecule has 0 radical (unpaired) electrons. The van der Waals surface area contributed by atoms with Gasteiger partial charge in [-0.25, -0.2) is 4.39 Å². The molecule has 0 fully saturated rings. The van der Waals surface area contributed by atoms with Crippen LogP contribution in [0.15, 0.2) is 38.6 Å². The van der Waals surface area contributed by atoms with Crippen molar-refractivity contribution in [3.05, 3.63) is 54.2 Å². The molecule has 0 aliphatic carbocycles. The van der Waals surface area contributed by atoms with E-state index in [9.17, 15) is 4.39 Å². The summed E-state index contributed by atoms with van der Waals surface area (Å²) < 4.78 is 16.4. The highest BCUT2D eigenvalue weighted by atomic mass is 79.9. The molecular formula is C14H10Br2FNS2. The lowest BCUT2D eigenvalue weighted by molar-refractivity contribution is 0.630. The van der Waals surface area contributed by atoms with Crippen molar-refractivity contribution in [2.45, 2.75) is 6.04 Å². The minimum absolute atomic E-state index is 0.128. The number of fused-ring (bicyclic) bond motifs is 1. The summed E-state index contributed by atoms with van der Waals surface area (Å²) >= 11 is 10.4. The molecule has 0 amide bonds. The van der Waals surface area contributed by atoms with Gasteiger partial charge in [0.2, 0.25) is 0 Å². The lowest BCUT2D eigenvalue weighted by Crippen LogP contribution is -2.14. The lowest BCUT2D eigenvalue weighted by atomic mass is 10.2. The standard InChI is InChI=1S/C14H10Br2FNS2/c1-18-13(12-6-9(15)14(16)20-12)11-4-7-2-3-8(17)5-10(7)19-11/h2-6,13,18H,1H3. The number of halogens is 3. The van der Waals surface area contributed by atoms with Crippen molar-refractivity contribution < 1.29 is 4.39 Å². The number of rotatable bonds is 3. The van der Waals surface area contributed by atoms with E-state index in [1.165, 1.54) is 15.8 Å². The van der Waals surface area contributed by atoms with Crippen LogP contribution < -0.4 is 5.32 Å². The van der Waals surface area contributed by atoms with E-state index in [1.807, 2.05) is 13.1 Å². The minimum Gasteiger partial charge on any atom is -0.308 e. The maximum atomic E-state index is 13.3. The molecule has 0 aliphatic rings. The molecule has 2 heterocycles. The van der Waals surface area contributed by atoms with Crippen molar-refractivity contribution in [3.63, 3.8) is 0 Å². The third-order valence-corrected chi connectivity index (χ3v) is 7.51. The van der Waals surface area contributed by atoms with E-state index in [2.05, 4.69) is 49.3 Å². The Morgan fingerprint density at radius 2 is 1.85 bits per heavy atom. The fourth-order valence-electron chi connectivity index (χ4n) is 2.10. The molecule has 2 aromatic heterocycles. The molecule has 1 aromatic carbocycles. The van der Waals surface area contributed by atoms with E-state index in [0.29, 0.717) is 0 Å². The summed E-state index contributed by atoms with van der Waals surface area (Å²) in [7, 11) is 1.94. The topological polar surface area (TPSA) is 12.0 Å². The van der Waals surface area contributed by atoms with Gasteiger partial charge in [-0.2, -0.15) is 0 Å².